The number of hydrogen-bond donors (Lipinski definition) is 2. The molecule has 1 aromatic carbocycles. The molecule has 2 aromatic rings. The van der Waals surface area contributed by atoms with Gasteiger partial charge in [0.1, 0.15) is 5.69 Å². The van der Waals surface area contributed by atoms with Crippen molar-refractivity contribution in [2.45, 2.75) is 18.9 Å². The number of anilines is 1. The number of aromatic amines is 1. The number of H-pyrrole nitrogens is 1. The molecule has 0 saturated carbocycles. The van der Waals surface area contributed by atoms with Crippen LogP contribution in [0.3, 0.4) is 0 Å². The maximum absolute atomic E-state index is 11.6. The molecule has 5 heteroatoms. The second kappa shape index (κ2) is 3.87. The molecule has 0 amide bonds. The first-order valence-corrected chi connectivity index (χ1v) is 5.82. The third-order valence-corrected chi connectivity index (χ3v) is 3.42. The summed E-state index contributed by atoms with van der Waals surface area (Å²) in [4.78, 5) is 25.0. The first kappa shape index (κ1) is 10.8. The van der Waals surface area contributed by atoms with E-state index in [2.05, 4.69) is 17.1 Å². The van der Waals surface area contributed by atoms with Crippen molar-refractivity contribution in [3.05, 3.63) is 62.4 Å². The average molecular weight is 243 g/mol. The number of benzene rings is 1. The van der Waals surface area contributed by atoms with Crippen LogP contribution in [-0.4, -0.2) is 9.55 Å². The van der Waals surface area contributed by atoms with Gasteiger partial charge in [-0.25, -0.2) is 4.79 Å². The summed E-state index contributed by atoms with van der Waals surface area (Å²) in [5.74, 6) is 0.323. The maximum Gasteiger partial charge on any atom is 0.328 e. The molecular formula is C13H13N3O2. The molecule has 3 rings (SSSR count). The van der Waals surface area contributed by atoms with E-state index in [1.54, 1.807) is 0 Å². The SMILES string of the molecule is Nc1cn(CC2Cc3ccccc32)c(=O)[nH]c1=O. The van der Waals surface area contributed by atoms with Crippen LogP contribution in [0.2, 0.25) is 0 Å². The zero-order valence-electron chi connectivity index (χ0n) is 9.72. The Labute approximate surface area is 103 Å². The van der Waals surface area contributed by atoms with Crippen LogP contribution in [0.1, 0.15) is 17.0 Å². The minimum absolute atomic E-state index is 0.0715. The fourth-order valence-corrected chi connectivity index (χ4v) is 2.42. The van der Waals surface area contributed by atoms with E-state index in [9.17, 15) is 9.59 Å². The number of rotatable bonds is 2. The summed E-state index contributed by atoms with van der Waals surface area (Å²) in [6.07, 6.45) is 2.38. The number of hydrogen-bond acceptors (Lipinski definition) is 3. The van der Waals surface area contributed by atoms with Gasteiger partial charge in [0, 0.05) is 18.7 Å². The van der Waals surface area contributed by atoms with Crippen LogP contribution in [-0.2, 0) is 13.0 Å². The normalized spacial score (nSPS) is 17.0. The molecule has 0 spiro atoms. The zero-order chi connectivity index (χ0) is 12.7. The van der Waals surface area contributed by atoms with Gasteiger partial charge in [-0.1, -0.05) is 24.3 Å². The van der Waals surface area contributed by atoms with Gasteiger partial charge in [0.15, 0.2) is 0 Å². The Hall–Kier alpha value is -2.30. The van der Waals surface area contributed by atoms with Gasteiger partial charge in [-0.15, -0.1) is 0 Å². The van der Waals surface area contributed by atoms with Crippen LogP contribution in [0.15, 0.2) is 40.1 Å². The van der Waals surface area contributed by atoms with E-state index >= 15 is 0 Å². The number of nitrogens with one attached hydrogen (secondary N) is 1. The number of aromatic nitrogens is 2. The lowest BCUT2D eigenvalue weighted by Gasteiger charge is -2.30. The molecular weight excluding hydrogens is 230 g/mol. The molecule has 0 fully saturated rings. The Kier molecular flexibility index (Phi) is 2.33. The highest BCUT2D eigenvalue weighted by Gasteiger charge is 2.25. The third kappa shape index (κ3) is 1.64. The Morgan fingerprint density at radius 1 is 1.33 bits per heavy atom. The minimum Gasteiger partial charge on any atom is -0.393 e. The third-order valence-electron chi connectivity index (χ3n) is 3.42. The van der Waals surface area contributed by atoms with E-state index in [0.717, 1.165) is 6.42 Å². The Balaban J connectivity index is 1.90. The van der Waals surface area contributed by atoms with Gasteiger partial charge < -0.3 is 5.73 Å². The molecule has 5 nitrogen and oxygen atoms in total. The van der Waals surface area contributed by atoms with Crippen molar-refractivity contribution in [3.8, 4) is 0 Å². The van der Waals surface area contributed by atoms with Gasteiger partial charge in [0.2, 0.25) is 0 Å². The number of nitrogen functional groups attached to an aromatic ring is 1. The highest BCUT2D eigenvalue weighted by Crippen LogP contribution is 2.35. The molecule has 0 saturated heterocycles. The second-order valence-electron chi connectivity index (χ2n) is 4.60. The summed E-state index contributed by atoms with van der Waals surface area (Å²) in [5, 5.41) is 0. The summed E-state index contributed by atoms with van der Waals surface area (Å²) in [5.41, 5.74) is 7.26. The molecule has 18 heavy (non-hydrogen) atoms. The molecule has 1 unspecified atom stereocenters. The summed E-state index contributed by atoms with van der Waals surface area (Å²) in [7, 11) is 0. The van der Waals surface area contributed by atoms with Crippen molar-refractivity contribution in [1.29, 1.82) is 0 Å². The second-order valence-corrected chi connectivity index (χ2v) is 4.60. The summed E-state index contributed by atoms with van der Waals surface area (Å²) in [6, 6.07) is 8.17. The molecule has 1 atom stereocenters. The lowest BCUT2D eigenvalue weighted by molar-refractivity contribution is 0.492. The standard InChI is InChI=1S/C13H13N3O2/c14-11-7-16(13(18)15-12(11)17)6-9-5-8-3-1-2-4-10(8)9/h1-4,7,9H,5-6,14H2,(H,15,17,18). The number of nitrogens with two attached hydrogens (primary N) is 1. The topological polar surface area (TPSA) is 80.9 Å². The predicted octanol–water partition coefficient (Wildman–Crippen LogP) is 0.459. The lowest BCUT2D eigenvalue weighted by Crippen LogP contribution is -2.34. The van der Waals surface area contributed by atoms with Gasteiger partial charge >= 0.3 is 5.69 Å². The van der Waals surface area contributed by atoms with Gasteiger partial charge in [0.25, 0.3) is 5.56 Å². The molecule has 1 aromatic heterocycles. The minimum atomic E-state index is -0.523. The highest BCUT2D eigenvalue weighted by atomic mass is 16.2. The largest absolute Gasteiger partial charge is 0.393 e. The summed E-state index contributed by atoms with van der Waals surface area (Å²) >= 11 is 0. The van der Waals surface area contributed by atoms with Crippen molar-refractivity contribution in [2.75, 3.05) is 5.73 Å². The van der Waals surface area contributed by atoms with Crippen LogP contribution >= 0.6 is 0 Å². The molecule has 0 aliphatic heterocycles. The van der Waals surface area contributed by atoms with Gasteiger partial charge in [-0.2, -0.15) is 0 Å². The van der Waals surface area contributed by atoms with E-state index in [-0.39, 0.29) is 5.69 Å². The Morgan fingerprint density at radius 2 is 2.11 bits per heavy atom. The lowest BCUT2D eigenvalue weighted by atomic mass is 9.77. The van der Waals surface area contributed by atoms with Crippen molar-refractivity contribution in [2.24, 2.45) is 0 Å². The van der Waals surface area contributed by atoms with Crippen molar-refractivity contribution < 1.29 is 0 Å². The highest BCUT2D eigenvalue weighted by molar-refractivity contribution is 5.40. The molecule has 3 N–H and O–H groups in total. The quantitative estimate of drug-likeness (QED) is 0.804. The fourth-order valence-electron chi connectivity index (χ4n) is 2.42. The van der Waals surface area contributed by atoms with Crippen LogP contribution in [0.5, 0.6) is 0 Å². The van der Waals surface area contributed by atoms with Crippen LogP contribution in [0.4, 0.5) is 5.69 Å². The van der Waals surface area contributed by atoms with E-state index in [0.29, 0.717) is 12.5 Å². The Bertz CT molecular complexity index is 715. The number of nitrogens with zero attached hydrogens (tertiary/aromatic N) is 1. The van der Waals surface area contributed by atoms with E-state index in [1.807, 2.05) is 12.1 Å². The average Bonchev–Trinajstić information content (AvgIpc) is 2.32. The first-order chi connectivity index (χ1) is 8.65. The zero-order valence-corrected chi connectivity index (χ0v) is 9.72. The van der Waals surface area contributed by atoms with Crippen LogP contribution in [0, 0.1) is 0 Å². The van der Waals surface area contributed by atoms with Crippen molar-refractivity contribution >= 4 is 5.69 Å². The Morgan fingerprint density at radius 3 is 2.89 bits per heavy atom. The molecule has 0 radical (unpaired) electrons. The monoisotopic (exact) mass is 243 g/mol. The molecule has 92 valence electrons. The molecule has 1 aliphatic rings. The van der Waals surface area contributed by atoms with Crippen molar-refractivity contribution in [1.82, 2.24) is 9.55 Å². The predicted molar refractivity (Wildman–Crippen MR) is 68.6 cm³/mol. The van der Waals surface area contributed by atoms with Crippen LogP contribution < -0.4 is 17.0 Å². The molecule has 1 aliphatic carbocycles. The van der Waals surface area contributed by atoms with Crippen molar-refractivity contribution in [3.63, 3.8) is 0 Å². The fraction of sp³-hybridized carbons (Fsp3) is 0.231. The summed E-state index contributed by atoms with van der Waals surface area (Å²) < 4.78 is 1.47. The molecule has 1 heterocycles. The van der Waals surface area contributed by atoms with Gasteiger partial charge in [-0.3, -0.25) is 14.3 Å². The van der Waals surface area contributed by atoms with E-state index < -0.39 is 11.2 Å². The molecule has 0 bridgehead atoms. The smallest absolute Gasteiger partial charge is 0.328 e. The van der Waals surface area contributed by atoms with Crippen LogP contribution in [0.25, 0.3) is 0 Å². The number of fused-ring (bicyclic) bond motifs is 1. The first-order valence-electron chi connectivity index (χ1n) is 5.82. The van der Waals surface area contributed by atoms with Gasteiger partial charge in [0.05, 0.1) is 0 Å². The van der Waals surface area contributed by atoms with Gasteiger partial charge in [-0.05, 0) is 17.5 Å². The summed E-state index contributed by atoms with van der Waals surface area (Å²) in [6.45, 7) is 0.552. The van der Waals surface area contributed by atoms with E-state index in [4.69, 9.17) is 5.73 Å². The van der Waals surface area contributed by atoms with E-state index in [1.165, 1.54) is 21.9 Å². The maximum atomic E-state index is 11.6.